The molecule has 6 aromatic rings. The minimum atomic E-state index is -0.412. The van der Waals surface area contributed by atoms with E-state index < -0.39 is 4.87 Å². The van der Waals surface area contributed by atoms with Crippen molar-refractivity contribution in [3.63, 3.8) is 0 Å². The van der Waals surface area contributed by atoms with Gasteiger partial charge in [-0.1, -0.05) is 191 Å². The molecule has 0 fully saturated rings. The lowest BCUT2D eigenvalue weighted by Crippen LogP contribution is -2.44. The molecule has 0 saturated heterocycles. The predicted octanol–water partition coefficient (Wildman–Crippen LogP) is 16.6. The molecule has 366 valence electrons. The Morgan fingerprint density at radius 3 is 2.25 bits per heavy atom. The number of thioether (sulfide) groups is 1. The fraction of sp³-hybridized carbons (Fsp3) is 0.275. The van der Waals surface area contributed by atoms with Gasteiger partial charge in [-0.05, 0) is 196 Å². The van der Waals surface area contributed by atoms with E-state index >= 15 is 0 Å². The fourth-order valence-corrected chi connectivity index (χ4v) is 14.0. The van der Waals surface area contributed by atoms with Crippen molar-refractivity contribution in [2.24, 2.45) is 0 Å². The molecule has 1 atom stereocenters. The molecule has 5 aliphatic rings. The van der Waals surface area contributed by atoms with E-state index in [-0.39, 0.29) is 10.8 Å². The number of fused-ring (bicyclic) bond motifs is 8. The number of nitrogens with zero attached hydrogens (tertiary/aromatic N) is 1. The number of benzene rings is 6. The molecule has 11 rings (SSSR count). The fourth-order valence-electron chi connectivity index (χ4n) is 12.6. The van der Waals surface area contributed by atoms with Gasteiger partial charge in [0, 0.05) is 34.9 Å². The molecule has 0 saturated carbocycles. The Morgan fingerprint density at radius 2 is 1.49 bits per heavy atom. The van der Waals surface area contributed by atoms with Crippen LogP contribution in [0.5, 0.6) is 0 Å². The molecule has 0 aromatic heterocycles. The summed E-state index contributed by atoms with van der Waals surface area (Å²) in [5.74, 6) is 0. The Bertz CT molecular complexity index is 3410. The van der Waals surface area contributed by atoms with Crippen LogP contribution in [0, 0.1) is 6.92 Å². The minimum absolute atomic E-state index is 0.0885. The van der Waals surface area contributed by atoms with E-state index in [0.717, 1.165) is 39.5 Å². The molecule has 4 heteroatoms. The van der Waals surface area contributed by atoms with Crippen LogP contribution in [0.2, 0.25) is 0 Å². The normalized spacial score (nSPS) is 20.0. The summed E-state index contributed by atoms with van der Waals surface area (Å²) in [4.78, 5) is 3.68. The first kappa shape index (κ1) is 48.8. The van der Waals surface area contributed by atoms with Gasteiger partial charge in [0.1, 0.15) is 4.87 Å². The van der Waals surface area contributed by atoms with Crippen molar-refractivity contribution in [3.05, 3.63) is 231 Å². The summed E-state index contributed by atoms with van der Waals surface area (Å²) in [7, 11) is 0.879. The standard InChI is InChI=1S/C69H71BN2S/c1-10-12-13-15-23-46(4)47-31-33-52(34-32-47)71-69(9)59(58-42-60-61(43-64(58)73-69)68(7,8)37-36-67(60,5)6)40-49(22-11-2)55-41-56-54-29-21-18-26-50(54)39-57(56)66-65(55)70-62-38-45(3)30-35-63(62)72(66)44-51-27-19-20-28-53(51)48-24-16-14-17-25-48/h10,12-31,33,35,38,40-43,70-71H,11,32,34,36-37,39,44H2,1-9H3/b12-10-,15-13-,46-23+,49-22+,59-40-. The van der Waals surface area contributed by atoms with E-state index in [9.17, 15) is 0 Å². The highest BCUT2D eigenvalue weighted by Crippen LogP contribution is 2.57. The maximum Gasteiger partial charge on any atom is 0.198 e. The number of allylic oxidation sites excluding steroid dienone is 13. The number of aryl methyl sites for hydroxylation is 1. The van der Waals surface area contributed by atoms with Crippen molar-refractivity contribution in [1.29, 1.82) is 0 Å². The smallest absolute Gasteiger partial charge is 0.198 e. The molecule has 6 aromatic carbocycles. The molecule has 73 heavy (non-hydrogen) atoms. The second-order valence-electron chi connectivity index (χ2n) is 22.7. The van der Waals surface area contributed by atoms with Crippen molar-refractivity contribution in [2.75, 3.05) is 4.90 Å². The lowest BCUT2D eigenvalue weighted by atomic mass is 9.57. The van der Waals surface area contributed by atoms with Gasteiger partial charge in [0.25, 0.3) is 0 Å². The van der Waals surface area contributed by atoms with Crippen LogP contribution < -0.4 is 21.1 Å². The largest absolute Gasteiger partial charge is 0.370 e. The molecular formula is C69H71BN2S. The zero-order valence-electron chi connectivity index (χ0n) is 44.7. The number of hydrogen-bond donors (Lipinski definition) is 1. The van der Waals surface area contributed by atoms with E-state index in [1.165, 1.54) is 135 Å². The van der Waals surface area contributed by atoms with Gasteiger partial charge >= 0.3 is 0 Å². The van der Waals surface area contributed by atoms with Crippen molar-refractivity contribution in [1.82, 2.24) is 5.32 Å². The topological polar surface area (TPSA) is 15.3 Å². The minimum Gasteiger partial charge on any atom is -0.370 e. The maximum absolute atomic E-state index is 4.26. The van der Waals surface area contributed by atoms with Crippen LogP contribution in [-0.2, 0) is 23.8 Å². The maximum atomic E-state index is 4.26. The lowest BCUT2D eigenvalue weighted by molar-refractivity contribution is 0.331. The van der Waals surface area contributed by atoms with Crippen LogP contribution in [0.3, 0.4) is 0 Å². The van der Waals surface area contributed by atoms with Gasteiger partial charge in [-0.25, -0.2) is 0 Å². The average Bonchev–Trinajstić information content (AvgIpc) is 3.89. The Balaban J connectivity index is 1.11. The monoisotopic (exact) mass is 971 g/mol. The summed E-state index contributed by atoms with van der Waals surface area (Å²) in [6.45, 7) is 22.0. The molecular weight excluding hydrogens is 900 g/mol. The molecule has 2 nitrogen and oxygen atoms in total. The van der Waals surface area contributed by atoms with Crippen molar-refractivity contribution >= 4 is 52.5 Å². The zero-order valence-corrected chi connectivity index (χ0v) is 45.5. The molecule has 0 spiro atoms. The molecule has 3 aliphatic carbocycles. The number of rotatable bonds is 11. The molecule has 0 amide bonds. The summed E-state index contributed by atoms with van der Waals surface area (Å²) < 4.78 is 0. The van der Waals surface area contributed by atoms with Crippen molar-refractivity contribution in [2.45, 2.75) is 128 Å². The summed E-state index contributed by atoms with van der Waals surface area (Å²) in [5.41, 5.74) is 29.0. The van der Waals surface area contributed by atoms with E-state index in [1.807, 2.05) is 11.8 Å². The number of nitrogens with one attached hydrogen (secondary N) is 1. The van der Waals surface area contributed by atoms with Crippen molar-refractivity contribution in [3.8, 4) is 22.3 Å². The second kappa shape index (κ2) is 19.4. The highest BCUT2D eigenvalue weighted by atomic mass is 32.2. The Morgan fingerprint density at radius 1 is 0.753 bits per heavy atom. The van der Waals surface area contributed by atoms with Gasteiger partial charge in [-0.2, -0.15) is 0 Å². The molecule has 2 heterocycles. The van der Waals surface area contributed by atoms with Crippen LogP contribution in [0.1, 0.15) is 132 Å². The van der Waals surface area contributed by atoms with E-state index in [1.54, 1.807) is 0 Å². The molecule has 0 bridgehead atoms. The lowest BCUT2D eigenvalue weighted by Gasteiger charge is -2.42. The van der Waals surface area contributed by atoms with Crippen LogP contribution in [0.4, 0.5) is 11.4 Å². The number of anilines is 2. The number of hydrogen-bond acceptors (Lipinski definition) is 3. The Kier molecular flexibility index (Phi) is 13.0. The van der Waals surface area contributed by atoms with Gasteiger partial charge in [0.15, 0.2) is 7.28 Å². The van der Waals surface area contributed by atoms with Gasteiger partial charge in [0.05, 0.1) is 0 Å². The SMILES string of the molecule is C\C=C/C=C\C=C(/C)C1=CC=C(NC2(C)Sc3cc4c(cc3/C2=C/C(=C\CC)c2cc3c(c5c2Bc2cc(C)ccc2N5Cc2ccccc2-c2ccccc2)Cc2ccccc2-3)C(C)(C)CCC4(C)C)CC1. The van der Waals surface area contributed by atoms with Crippen LogP contribution in [0.25, 0.3) is 33.4 Å². The summed E-state index contributed by atoms with van der Waals surface area (Å²) in [6, 6.07) is 44.2. The quantitative estimate of drug-likeness (QED) is 0.103. The van der Waals surface area contributed by atoms with Crippen LogP contribution in [0.15, 0.2) is 192 Å². The highest BCUT2D eigenvalue weighted by Gasteiger charge is 2.45. The molecule has 1 unspecified atom stereocenters. The summed E-state index contributed by atoms with van der Waals surface area (Å²) in [6.07, 6.45) is 26.8. The van der Waals surface area contributed by atoms with Gasteiger partial charge in [-0.3, -0.25) is 0 Å². The van der Waals surface area contributed by atoms with Gasteiger partial charge in [-0.15, -0.1) is 0 Å². The van der Waals surface area contributed by atoms with Crippen LogP contribution >= 0.6 is 11.8 Å². The summed E-state index contributed by atoms with van der Waals surface area (Å²) >= 11 is 2.02. The first-order valence-corrected chi connectivity index (χ1v) is 27.8. The van der Waals surface area contributed by atoms with Crippen molar-refractivity contribution < 1.29 is 0 Å². The molecule has 1 N–H and O–H groups in total. The van der Waals surface area contributed by atoms with E-state index in [4.69, 9.17) is 0 Å². The predicted molar refractivity (Wildman–Crippen MR) is 318 cm³/mol. The van der Waals surface area contributed by atoms with Gasteiger partial charge in [0.2, 0.25) is 0 Å². The Labute approximate surface area is 441 Å². The zero-order chi connectivity index (χ0) is 50.6. The summed E-state index contributed by atoms with van der Waals surface area (Å²) in [5, 5.41) is 4.26. The van der Waals surface area contributed by atoms with E-state index in [2.05, 4.69) is 242 Å². The third-order valence-corrected chi connectivity index (χ3v) is 18.0. The third-order valence-electron chi connectivity index (χ3n) is 16.7. The van der Waals surface area contributed by atoms with Crippen LogP contribution in [-0.4, -0.2) is 12.2 Å². The van der Waals surface area contributed by atoms with E-state index in [0.29, 0.717) is 0 Å². The first-order chi connectivity index (χ1) is 35.2. The first-order valence-electron chi connectivity index (χ1n) is 27.0. The van der Waals surface area contributed by atoms with Gasteiger partial charge < -0.3 is 10.2 Å². The molecule has 0 radical (unpaired) electrons. The Hall–Kier alpha value is -6.49. The average molecular weight is 971 g/mol. The highest BCUT2D eigenvalue weighted by molar-refractivity contribution is 8.01. The third kappa shape index (κ3) is 9.09. The second-order valence-corrected chi connectivity index (χ2v) is 24.2. The molecule has 2 aliphatic heterocycles.